The van der Waals surface area contributed by atoms with Crippen LogP contribution in [0.5, 0.6) is 0 Å². The van der Waals surface area contributed by atoms with Gasteiger partial charge in [0.15, 0.2) is 0 Å². The predicted octanol–water partition coefficient (Wildman–Crippen LogP) is 3.83. The number of nitrogens with one attached hydrogen (secondary N) is 1. The highest BCUT2D eigenvalue weighted by molar-refractivity contribution is 5.94. The van der Waals surface area contributed by atoms with E-state index < -0.39 is 0 Å². The Balaban J connectivity index is 1.51. The van der Waals surface area contributed by atoms with Crippen molar-refractivity contribution < 1.29 is 4.79 Å². The van der Waals surface area contributed by atoms with Crippen LogP contribution in [0, 0.1) is 27.7 Å². The number of aryl methyl sites for hydroxylation is 4. The van der Waals surface area contributed by atoms with E-state index in [1.165, 1.54) is 11.1 Å². The smallest absolute Gasteiger partial charge is 0.276 e. The van der Waals surface area contributed by atoms with Gasteiger partial charge in [0, 0.05) is 36.6 Å². The summed E-state index contributed by atoms with van der Waals surface area (Å²) < 4.78 is 3.21. The molecule has 0 fully saturated rings. The molecule has 2 heterocycles. The van der Waals surface area contributed by atoms with Crippen LogP contribution < -0.4 is 10.9 Å². The highest BCUT2D eigenvalue weighted by Crippen LogP contribution is 2.21. The molecule has 2 aromatic carbocycles. The van der Waals surface area contributed by atoms with Gasteiger partial charge in [0.05, 0.1) is 5.69 Å². The molecule has 0 radical (unpaired) electrons. The van der Waals surface area contributed by atoms with Gasteiger partial charge in [0.25, 0.3) is 11.5 Å². The molecule has 4 aromatic rings. The summed E-state index contributed by atoms with van der Waals surface area (Å²) >= 11 is 0. The maximum absolute atomic E-state index is 12.9. The van der Waals surface area contributed by atoms with Crippen LogP contribution >= 0.6 is 0 Å². The van der Waals surface area contributed by atoms with Gasteiger partial charge in [-0.1, -0.05) is 29.3 Å². The third-order valence-corrected chi connectivity index (χ3v) is 5.53. The molecule has 2 aromatic heterocycles. The van der Waals surface area contributed by atoms with Gasteiger partial charge in [0.1, 0.15) is 5.52 Å². The molecule has 0 aliphatic carbocycles. The molecule has 6 nitrogen and oxygen atoms in total. The number of carbonyl (C=O) groups excluding carboxylic acids is 1. The molecular formula is C25H26N4O2. The van der Waals surface area contributed by atoms with Crippen LogP contribution in [0.3, 0.4) is 0 Å². The average molecular weight is 415 g/mol. The Morgan fingerprint density at radius 3 is 2.39 bits per heavy atom. The standard InChI is InChI=1S/C25H26N4O2/c1-16-11-17(2)13-21(12-16)24(30)26-7-8-28-9-10-29-23(25(28)31)15-22(27-29)20-6-5-18(3)19(4)14-20/h5-6,9-15H,7-8H2,1-4H3,(H,26,30). The lowest BCUT2D eigenvalue weighted by molar-refractivity contribution is 0.0952. The molecular weight excluding hydrogens is 388 g/mol. The molecule has 4 rings (SSSR count). The molecule has 158 valence electrons. The molecule has 0 saturated carbocycles. The monoisotopic (exact) mass is 414 g/mol. The van der Waals surface area contributed by atoms with Gasteiger partial charge in [-0.2, -0.15) is 5.10 Å². The Kier molecular flexibility index (Phi) is 5.46. The van der Waals surface area contributed by atoms with Gasteiger partial charge in [0.2, 0.25) is 0 Å². The number of benzene rings is 2. The summed E-state index contributed by atoms with van der Waals surface area (Å²) in [6.07, 6.45) is 3.47. The number of fused-ring (bicyclic) bond motifs is 1. The van der Waals surface area contributed by atoms with Crippen LogP contribution in [-0.2, 0) is 6.54 Å². The fraction of sp³-hybridized carbons (Fsp3) is 0.240. The quantitative estimate of drug-likeness (QED) is 0.540. The van der Waals surface area contributed by atoms with Crippen LogP contribution in [0.15, 0.2) is 59.7 Å². The fourth-order valence-corrected chi connectivity index (χ4v) is 3.74. The maximum atomic E-state index is 12.9. The Labute approximate surface area is 181 Å². The lowest BCUT2D eigenvalue weighted by Gasteiger charge is -2.09. The van der Waals surface area contributed by atoms with Gasteiger partial charge in [-0.15, -0.1) is 0 Å². The second-order valence-electron chi connectivity index (χ2n) is 8.09. The van der Waals surface area contributed by atoms with E-state index in [1.54, 1.807) is 21.5 Å². The first-order valence-electron chi connectivity index (χ1n) is 10.3. The van der Waals surface area contributed by atoms with Gasteiger partial charge in [-0.25, -0.2) is 4.52 Å². The van der Waals surface area contributed by atoms with Gasteiger partial charge in [-0.3, -0.25) is 9.59 Å². The average Bonchev–Trinajstić information content (AvgIpc) is 3.16. The van der Waals surface area contributed by atoms with Crippen LogP contribution in [0.4, 0.5) is 0 Å². The molecule has 31 heavy (non-hydrogen) atoms. The number of aromatic nitrogens is 3. The van der Waals surface area contributed by atoms with Crippen LogP contribution in [0.2, 0.25) is 0 Å². The first-order valence-corrected chi connectivity index (χ1v) is 10.3. The summed E-state index contributed by atoms with van der Waals surface area (Å²) in [7, 11) is 0. The SMILES string of the molecule is Cc1cc(C)cc(C(=O)NCCn2ccn3nc(-c4ccc(C)c(C)c4)cc3c2=O)c1. The van der Waals surface area contributed by atoms with Crippen molar-refractivity contribution in [3.63, 3.8) is 0 Å². The maximum Gasteiger partial charge on any atom is 0.276 e. The number of amides is 1. The molecule has 1 N–H and O–H groups in total. The van der Waals surface area contributed by atoms with Crippen molar-refractivity contribution >= 4 is 11.4 Å². The molecule has 0 unspecified atom stereocenters. The number of rotatable bonds is 5. The molecule has 0 bridgehead atoms. The van der Waals surface area contributed by atoms with Crippen LogP contribution in [0.25, 0.3) is 16.8 Å². The minimum atomic E-state index is -0.137. The summed E-state index contributed by atoms with van der Waals surface area (Å²) in [6, 6.07) is 13.7. The Morgan fingerprint density at radius 2 is 1.68 bits per heavy atom. The summed E-state index contributed by atoms with van der Waals surface area (Å²) in [5.74, 6) is -0.137. The molecule has 0 aliphatic rings. The lowest BCUT2D eigenvalue weighted by Crippen LogP contribution is -2.31. The van der Waals surface area contributed by atoms with Gasteiger partial charge < -0.3 is 9.88 Å². The number of nitrogens with zero attached hydrogens (tertiary/aromatic N) is 3. The van der Waals surface area contributed by atoms with Crippen molar-refractivity contribution in [1.82, 2.24) is 19.5 Å². The Morgan fingerprint density at radius 1 is 0.935 bits per heavy atom. The third-order valence-electron chi connectivity index (χ3n) is 5.53. The van der Waals surface area contributed by atoms with E-state index in [0.29, 0.717) is 24.2 Å². The Bertz CT molecular complexity index is 1330. The van der Waals surface area contributed by atoms with Crippen molar-refractivity contribution in [2.24, 2.45) is 0 Å². The molecule has 0 aliphatic heterocycles. The lowest BCUT2D eigenvalue weighted by atomic mass is 10.0. The predicted molar refractivity (Wildman–Crippen MR) is 123 cm³/mol. The second kappa shape index (κ2) is 8.22. The van der Waals surface area contributed by atoms with Gasteiger partial charge in [-0.05, 0) is 63.1 Å². The highest BCUT2D eigenvalue weighted by Gasteiger charge is 2.11. The third kappa shape index (κ3) is 4.28. The zero-order valence-corrected chi connectivity index (χ0v) is 18.3. The van der Waals surface area contributed by atoms with Gasteiger partial charge >= 0.3 is 0 Å². The summed E-state index contributed by atoms with van der Waals surface area (Å²) in [4.78, 5) is 25.4. The van der Waals surface area contributed by atoms with Crippen LogP contribution in [0.1, 0.15) is 32.6 Å². The van der Waals surface area contributed by atoms with E-state index in [4.69, 9.17) is 0 Å². The minimum absolute atomic E-state index is 0.134. The topological polar surface area (TPSA) is 68.4 Å². The first kappa shape index (κ1) is 20.6. The van der Waals surface area contributed by atoms with Crippen LogP contribution in [-0.4, -0.2) is 26.6 Å². The van der Waals surface area contributed by atoms with E-state index >= 15 is 0 Å². The largest absolute Gasteiger partial charge is 0.350 e. The zero-order valence-electron chi connectivity index (χ0n) is 18.3. The normalized spacial score (nSPS) is 11.1. The van der Waals surface area contributed by atoms with Crippen molar-refractivity contribution in [2.45, 2.75) is 34.2 Å². The molecule has 1 amide bonds. The molecule has 0 atom stereocenters. The summed E-state index contributed by atoms with van der Waals surface area (Å²) in [6.45, 7) is 8.82. The van der Waals surface area contributed by atoms with Crippen molar-refractivity contribution in [3.8, 4) is 11.3 Å². The molecule has 6 heteroatoms. The van der Waals surface area contributed by atoms with E-state index in [2.05, 4.69) is 36.4 Å². The number of hydrogen-bond donors (Lipinski definition) is 1. The summed E-state index contributed by atoms with van der Waals surface area (Å²) in [5, 5.41) is 7.45. The fourth-order valence-electron chi connectivity index (χ4n) is 3.74. The second-order valence-corrected chi connectivity index (χ2v) is 8.09. The molecule has 0 spiro atoms. The van der Waals surface area contributed by atoms with E-state index in [0.717, 1.165) is 22.4 Å². The van der Waals surface area contributed by atoms with Crippen molar-refractivity contribution in [1.29, 1.82) is 0 Å². The minimum Gasteiger partial charge on any atom is -0.350 e. The van der Waals surface area contributed by atoms with Crippen molar-refractivity contribution in [3.05, 3.63) is 93.0 Å². The van der Waals surface area contributed by atoms with E-state index in [1.807, 2.05) is 44.2 Å². The highest BCUT2D eigenvalue weighted by atomic mass is 16.1. The van der Waals surface area contributed by atoms with Crippen molar-refractivity contribution in [2.75, 3.05) is 6.54 Å². The zero-order chi connectivity index (χ0) is 22.1. The number of carbonyl (C=O) groups is 1. The first-order chi connectivity index (χ1) is 14.8. The van der Waals surface area contributed by atoms with E-state index in [9.17, 15) is 9.59 Å². The summed E-state index contributed by atoms with van der Waals surface area (Å²) in [5.41, 5.74) is 7.26. The Hall–Kier alpha value is -3.67. The molecule has 0 saturated heterocycles. The number of hydrogen-bond acceptors (Lipinski definition) is 3. The van der Waals surface area contributed by atoms with E-state index in [-0.39, 0.29) is 11.5 Å².